The summed E-state index contributed by atoms with van der Waals surface area (Å²) in [6.07, 6.45) is 0. The fourth-order valence-electron chi connectivity index (χ4n) is 6.80. The second-order valence-electron chi connectivity index (χ2n) is 11.4. The molecule has 45 heavy (non-hydrogen) atoms. The molecule has 0 fully saturated rings. The molecular weight excluding hydrogens is 546 g/mol. The molecule has 0 radical (unpaired) electrons. The van der Waals surface area contributed by atoms with E-state index in [0.29, 0.717) is 5.78 Å². The first-order valence-corrected chi connectivity index (χ1v) is 15.3. The van der Waals surface area contributed by atoms with Gasteiger partial charge in [-0.25, -0.2) is 9.97 Å². The van der Waals surface area contributed by atoms with Gasteiger partial charge in [-0.3, -0.25) is 4.40 Å². The van der Waals surface area contributed by atoms with Crippen molar-refractivity contribution in [2.45, 2.75) is 0 Å². The third-order valence-electron chi connectivity index (χ3n) is 8.79. The van der Waals surface area contributed by atoms with Crippen LogP contribution in [0.15, 0.2) is 164 Å². The highest BCUT2D eigenvalue weighted by atomic mass is 15.1. The Balaban J connectivity index is 1.38. The van der Waals surface area contributed by atoms with Gasteiger partial charge in [-0.15, -0.1) is 0 Å². The predicted octanol–water partition coefficient (Wildman–Crippen LogP) is 10.9. The zero-order valence-corrected chi connectivity index (χ0v) is 24.4. The molecule has 3 nitrogen and oxygen atoms in total. The van der Waals surface area contributed by atoms with Gasteiger partial charge in [0.25, 0.3) is 0 Å². The molecule has 0 spiro atoms. The van der Waals surface area contributed by atoms with E-state index < -0.39 is 0 Å². The van der Waals surface area contributed by atoms with Gasteiger partial charge in [0.1, 0.15) is 0 Å². The molecular formula is C42H27N3. The molecule has 3 heteroatoms. The maximum Gasteiger partial charge on any atom is 0.235 e. The van der Waals surface area contributed by atoms with Gasteiger partial charge in [-0.1, -0.05) is 140 Å². The molecule has 0 atom stereocenters. The molecule has 0 aliphatic carbocycles. The van der Waals surface area contributed by atoms with Crippen LogP contribution in [0.1, 0.15) is 0 Å². The molecule has 0 aliphatic rings. The summed E-state index contributed by atoms with van der Waals surface area (Å²) in [5.74, 6) is 0.694. The van der Waals surface area contributed by atoms with Gasteiger partial charge < -0.3 is 0 Å². The van der Waals surface area contributed by atoms with Gasteiger partial charge in [0.15, 0.2) is 0 Å². The Morgan fingerprint density at radius 2 is 0.911 bits per heavy atom. The van der Waals surface area contributed by atoms with E-state index in [1.165, 1.54) is 43.8 Å². The van der Waals surface area contributed by atoms with Crippen molar-refractivity contribution in [1.29, 1.82) is 0 Å². The lowest BCUT2D eigenvalue weighted by Crippen LogP contribution is -1.98. The van der Waals surface area contributed by atoms with E-state index in [1.54, 1.807) is 0 Å². The molecule has 0 saturated heterocycles. The normalized spacial score (nSPS) is 11.6. The maximum atomic E-state index is 5.17. The van der Waals surface area contributed by atoms with Gasteiger partial charge in [0.05, 0.1) is 22.4 Å². The summed E-state index contributed by atoms with van der Waals surface area (Å²) in [5.41, 5.74) is 11.0. The van der Waals surface area contributed by atoms with Crippen LogP contribution in [0.3, 0.4) is 0 Å². The molecule has 0 unspecified atom stereocenters. The highest BCUT2D eigenvalue weighted by molar-refractivity contribution is 6.21. The smallest absolute Gasteiger partial charge is 0.235 e. The van der Waals surface area contributed by atoms with Crippen LogP contribution < -0.4 is 0 Å². The molecule has 9 aromatic rings. The minimum absolute atomic E-state index is 0.694. The Kier molecular flexibility index (Phi) is 5.82. The molecule has 0 saturated carbocycles. The van der Waals surface area contributed by atoms with E-state index in [0.717, 1.165) is 33.5 Å². The summed E-state index contributed by atoms with van der Waals surface area (Å²) in [5, 5.41) is 4.91. The van der Waals surface area contributed by atoms with E-state index in [4.69, 9.17) is 9.97 Å². The van der Waals surface area contributed by atoms with E-state index >= 15 is 0 Å². The number of nitrogens with zero attached hydrogens (tertiary/aromatic N) is 3. The van der Waals surface area contributed by atoms with Crippen LogP contribution in [-0.4, -0.2) is 14.4 Å². The van der Waals surface area contributed by atoms with Crippen LogP contribution in [-0.2, 0) is 0 Å². The zero-order chi connectivity index (χ0) is 29.7. The van der Waals surface area contributed by atoms with Crippen molar-refractivity contribution in [3.05, 3.63) is 164 Å². The van der Waals surface area contributed by atoms with Crippen LogP contribution in [0.25, 0.3) is 83.1 Å². The fraction of sp³-hybridized carbons (Fsp3) is 0. The number of aromatic nitrogens is 3. The van der Waals surface area contributed by atoms with Crippen molar-refractivity contribution < 1.29 is 0 Å². The number of fused-ring (bicyclic) bond motifs is 5. The van der Waals surface area contributed by atoms with Crippen molar-refractivity contribution in [3.8, 4) is 44.8 Å². The molecule has 0 bridgehead atoms. The fourth-order valence-corrected chi connectivity index (χ4v) is 6.80. The lowest BCUT2D eigenvalue weighted by molar-refractivity contribution is 1.14. The Bertz CT molecular complexity index is 2510. The van der Waals surface area contributed by atoms with Crippen molar-refractivity contribution in [2.75, 3.05) is 0 Å². The van der Waals surface area contributed by atoms with Crippen LogP contribution >= 0.6 is 0 Å². The lowest BCUT2D eigenvalue weighted by atomic mass is 9.85. The number of rotatable bonds is 4. The topological polar surface area (TPSA) is 30.2 Å². The monoisotopic (exact) mass is 573 g/mol. The number of hydrogen-bond acceptors (Lipinski definition) is 2. The average Bonchev–Trinajstić information content (AvgIpc) is 3.50. The first-order valence-electron chi connectivity index (χ1n) is 15.3. The highest BCUT2D eigenvalue weighted by Gasteiger charge is 2.19. The van der Waals surface area contributed by atoms with Crippen LogP contribution in [0, 0.1) is 0 Å². The van der Waals surface area contributed by atoms with Gasteiger partial charge >= 0.3 is 0 Å². The van der Waals surface area contributed by atoms with Crippen molar-refractivity contribution >= 4 is 38.4 Å². The number of benzene rings is 7. The SMILES string of the molecule is c1ccc(-c2c3ccccc3c(-c3ccccc3)c3cc(-c4cc(-c5ccccc5)n5c(n4)nc4ccccc45)ccc23)cc1. The summed E-state index contributed by atoms with van der Waals surface area (Å²) in [4.78, 5) is 10.1. The second kappa shape index (κ2) is 10.3. The van der Waals surface area contributed by atoms with Crippen molar-refractivity contribution in [2.24, 2.45) is 0 Å². The van der Waals surface area contributed by atoms with Crippen molar-refractivity contribution in [3.63, 3.8) is 0 Å². The average molecular weight is 574 g/mol. The maximum absolute atomic E-state index is 5.17. The lowest BCUT2D eigenvalue weighted by Gasteiger charge is -2.18. The van der Waals surface area contributed by atoms with Gasteiger partial charge in [-0.05, 0) is 73.6 Å². The molecule has 9 rings (SSSR count). The molecule has 7 aromatic carbocycles. The molecule has 2 heterocycles. The Hall–Kier alpha value is -6.06. The molecule has 2 aromatic heterocycles. The van der Waals surface area contributed by atoms with Crippen molar-refractivity contribution in [1.82, 2.24) is 14.4 Å². The molecule has 0 amide bonds. The summed E-state index contributed by atoms with van der Waals surface area (Å²) >= 11 is 0. The summed E-state index contributed by atoms with van der Waals surface area (Å²) in [6.45, 7) is 0. The van der Waals surface area contributed by atoms with Gasteiger partial charge in [0.2, 0.25) is 5.78 Å². The Morgan fingerprint density at radius 1 is 0.378 bits per heavy atom. The van der Waals surface area contributed by atoms with E-state index in [1.807, 2.05) is 6.07 Å². The van der Waals surface area contributed by atoms with Crippen LogP contribution in [0.2, 0.25) is 0 Å². The molecule has 210 valence electrons. The first kappa shape index (κ1) is 25.4. The minimum atomic E-state index is 0.694. The summed E-state index contributed by atoms with van der Waals surface area (Å²) < 4.78 is 2.17. The largest absolute Gasteiger partial charge is 0.276 e. The minimum Gasteiger partial charge on any atom is -0.276 e. The van der Waals surface area contributed by atoms with E-state index in [2.05, 4.69) is 162 Å². The van der Waals surface area contributed by atoms with E-state index in [-0.39, 0.29) is 0 Å². The second-order valence-corrected chi connectivity index (χ2v) is 11.4. The third-order valence-corrected chi connectivity index (χ3v) is 8.79. The molecule has 0 N–H and O–H groups in total. The summed E-state index contributed by atoms with van der Waals surface area (Å²) in [6, 6.07) is 58.1. The molecule has 0 aliphatic heterocycles. The number of para-hydroxylation sites is 2. The zero-order valence-electron chi connectivity index (χ0n) is 24.4. The first-order chi connectivity index (χ1) is 22.3. The Labute approximate surface area is 260 Å². The number of imidazole rings is 1. The predicted molar refractivity (Wildman–Crippen MR) is 187 cm³/mol. The quantitative estimate of drug-likeness (QED) is 0.196. The number of hydrogen-bond donors (Lipinski definition) is 0. The van der Waals surface area contributed by atoms with Gasteiger partial charge in [0, 0.05) is 5.56 Å². The standard InChI is InChI=1S/C42H27N3/c1-4-14-28(15-5-1)39-27-37(44-42-43-36-22-12-13-23-38(36)45(39)42)31-24-25-34-35(26-31)41(30-18-8-3-9-19-30)33-21-11-10-20-32(33)40(34)29-16-6-2-7-17-29/h1-27H. The highest BCUT2D eigenvalue weighted by Crippen LogP contribution is 2.44. The van der Waals surface area contributed by atoms with Gasteiger partial charge in [-0.2, -0.15) is 0 Å². The summed E-state index contributed by atoms with van der Waals surface area (Å²) in [7, 11) is 0. The van der Waals surface area contributed by atoms with Crippen LogP contribution in [0.4, 0.5) is 0 Å². The third kappa shape index (κ3) is 4.13. The van der Waals surface area contributed by atoms with E-state index in [9.17, 15) is 0 Å². The van der Waals surface area contributed by atoms with Crippen LogP contribution in [0.5, 0.6) is 0 Å². The Morgan fingerprint density at radius 3 is 1.58 bits per heavy atom.